The van der Waals surface area contributed by atoms with Crippen molar-refractivity contribution in [1.82, 2.24) is 9.80 Å². The van der Waals surface area contributed by atoms with Gasteiger partial charge in [0.25, 0.3) is 0 Å². The fourth-order valence-electron chi connectivity index (χ4n) is 3.11. The lowest BCUT2D eigenvalue weighted by Crippen LogP contribution is -2.48. The molecule has 1 heterocycles. The molecule has 0 atom stereocenters. The van der Waals surface area contributed by atoms with Crippen LogP contribution in [-0.2, 0) is 4.74 Å². The average molecular weight is 405 g/mol. The monoisotopic (exact) mass is 404 g/mol. The molecule has 1 saturated heterocycles. The summed E-state index contributed by atoms with van der Waals surface area (Å²) in [6, 6.07) is 17.4. The molecule has 2 aromatic carbocycles. The molecule has 0 amide bonds. The second-order valence-electron chi connectivity index (χ2n) is 6.74. The summed E-state index contributed by atoms with van der Waals surface area (Å²) in [6.45, 7) is 8.75. The van der Waals surface area contributed by atoms with Crippen LogP contribution in [0.25, 0.3) is 0 Å². The first-order valence-corrected chi connectivity index (χ1v) is 10.3. The van der Waals surface area contributed by atoms with Crippen molar-refractivity contribution in [2.75, 3.05) is 65.7 Å². The third-order valence-electron chi connectivity index (χ3n) is 4.76. The van der Waals surface area contributed by atoms with Crippen LogP contribution in [-0.4, -0.2) is 75.5 Å². The fourth-order valence-corrected chi connectivity index (χ4v) is 3.30. The Labute approximate surface area is 172 Å². The number of rotatable bonds is 11. The van der Waals surface area contributed by atoms with Crippen LogP contribution in [0.15, 0.2) is 54.6 Å². The summed E-state index contributed by atoms with van der Waals surface area (Å²) in [7, 11) is 0. The minimum absolute atomic E-state index is 0.587. The molecular weight excluding hydrogens is 376 g/mol. The molecule has 0 spiro atoms. The number of hydrogen-bond acceptors (Lipinski definition) is 5. The number of para-hydroxylation sites is 2. The van der Waals surface area contributed by atoms with Gasteiger partial charge in [-0.05, 0) is 24.3 Å². The van der Waals surface area contributed by atoms with Crippen molar-refractivity contribution in [2.24, 2.45) is 0 Å². The van der Waals surface area contributed by atoms with Gasteiger partial charge in [-0.1, -0.05) is 41.9 Å². The van der Waals surface area contributed by atoms with E-state index in [9.17, 15) is 0 Å². The van der Waals surface area contributed by atoms with Crippen LogP contribution in [0.3, 0.4) is 0 Å². The van der Waals surface area contributed by atoms with Gasteiger partial charge in [-0.25, -0.2) is 0 Å². The summed E-state index contributed by atoms with van der Waals surface area (Å²) in [5, 5.41) is 0.668. The van der Waals surface area contributed by atoms with E-state index in [1.807, 2.05) is 54.6 Å². The highest BCUT2D eigenvalue weighted by Crippen LogP contribution is 2.22. The number of ether oxygens (including phenoxy) is 3. The number of nitrogens with zero attached hydrogens (tertiary/aromatic N) is 2. The van der Waals surface area contributed by atoms with Gasteiger partial charge in [0.2, 0.25) is 0 Å². The maximum absolute atomic E-state index is 6.11. The standard InChI is InChI=1S/C22H29ClN2O3/c23-21-8-4-5-9-22(21)28-17-15-25-12-10-24(11-13-25)14-16-26-18-19-27-20-6-2-1-3-7-20/h1-9H,10-19H2. The molecular formula is C22H29ClN2O3. The maximum atomic E-state index is 6.11. The summed E-state index contributed by atoms with van der Waals surface area (Å²) in [4.78, 5) is 4.88. The predicted molar refractivity (Wildman–Crippen MR) is 113 cm³/mol. The molecule has 2 aromatic rings. The van der Waals surface area contributed by atoms with Gasteiger partial charge in [-0.3, -0.25) is 9.80 Å². The first-order chi connectivity index (χ1) is 13.8. The molecule has 0 saturated carbocycles. The van der Waals surface area contributed by atoms with Crippen molar-refractivity contribution in [3.05, 3.63) is 59.6 Å². The van der Waals surface area contributed by atoms with Gasteiger partial charge in [-0.15, -0.1) is 0 Å². The Morgan fingerprint density at radius 2 is 1.32 bits per heavy atom. The van der Waals surface area contributed by atoms with Crippen molar-refractivity contribution in [1.29, 1.82) is 0 Å². The van der Waals surface area contributed by atoms with Crippen LogP contribution in [0.5, 0.6) is 11.5 Å². The van der Waals surface area contributed by atoms with E-state index in [1.54, 1.807) is 0 Å². The van der Waals surface area contributed by atoms with E-state index in [1.165, 1.54) is 0 Å². The number of piperazine rings is 1. The molecule has 6 heteroatoms. The van der Waals surface area contributed by atoms with Crippen LogP contribution in [0, 0.1) is 0 Å². The molecule has 0 bridgehead atoms. The summed E-state index contributed by atoms with van der Waals surface area (Å²) in [6.07, 6.45) is 0. The Balaban J connectivity index is 1.19. The number of benzene rings is 2. The molecule has 0 aromatic heterocycles. The largest absolute Gasteiger partial charge is 0.491 e. The van der Waals surface area contributed by atoms with Gasteiger partial charge in [0.1, 0.15) is 24.7 Å². The zero-order valence-corrected chi connectivity index (χ0v) is 17.0. The van der Waals surface area contributed by atoms with Gasteiger partial charge in [-0.2, -0.15) is 0 Å². The van der Waals surface area contributed by atoms with Crippen LogP contribution in [0.2, 0.25) is 5.02 Å². The third-order valence-corrected chi connectivity index (χ3v) is 5.07. The summed E-state index contributed by atoms with van der Waals surface area (Å²) >= 11 is 6.11. The molecule has 5 nitrogen and oxygen atoms in total. The molecule has 1 fully saturated rings. The highest BCUT2D eigenvalue weighted by molar-refractivity contribution is 6.32. The van der Waals surface area contributed by atoms with Crippen LogP contribution >= 0.6 is 11.6 Å². The maximum Gasteiger partial charge on any atom is 0.137 e. The number of halogens is 1. The molecule has 3 rings (SSSR count). The minimum Gasteiger partial charge on any atom is -0.491 e. The van der Waals surface area contributed by atoms with Crippen molar-refractivity contribution in [2.45, 2.75) is 0 Å². The highest BCUT2D eigenvalue weighted by Gasteiger charge is 2.16. The lowest BCUT2D eigenvalue weighted by Gasteiger charge is -2.34. The topological polar surface area (TPSA) is 34.2 Å². The second-order valence-corrected chi connectivity index (χ2v) is 7.14. The van der Waals surface area contributed by atoms with Crippen molar-refractivity contribution < 1.29 is 14.2 Å². The van der Waals surface area contributed by atoms with E-state index in [0.29, 0.717) is 24.8 Å². The molecule has 0 unspecified atom stereocenters. The van der Waals surface area contributed by atoms with Crippen molar-refractivity contribution in [3.8, 4) is 11.5 Å². The molecule has 0 N–H and O–H groups in total. The van der Waals surface area contributed by atoms with Gasteiger partial charge in [0.15, 0.2) is 0 Å². The van der Waals surface area contributed by atoms with Crippen molar-refractivity contribution >= 4 is 11.6 Å². The Morgan fingerprint density at radius 3 is 2.04 bits per heavy atom. The predicted octanol–water partition coefficient (Wildman–Crippen LogP) is 3.43. The first-order valence-electron chi connectivity index (χ1n) is 9.89. The Kier molecular flexibility index (Phi) is 8.91. The summed E-state index contributed by atoms with van der Waals surface area (Å²) < 4.78 is 17.1. The lowest BCUT2D eigenvalue weighted by molar-refractivity contribution is 0.0590. The highest BCUT2D eigenvalue weighted by atomic mass is 35.5. The fraction of sp³-hybridized carbons (Fsp3) is 0.455. The smallest absolute Gasteiger partial charge is 0.137 e. The van der Waals surface area contributed by atoms with E-state index in [0.717, 1.165) is 57.4 Å². The Morgan fingerprint density at radius 1 is 0.679 bits per heavy atom. The molecule has 1 aliphatic heterocycles. The van der Waals surface area contributed by atoms with Gasteiger partial charge in [0.05, 0.1) is 18.2 Å². The molecule has 152 valence electrons. The molecule has 1 aliphatic rings. The Bertz CT molecular complexity index is 678. The second kappa shape index (κ2) is 11.9. The van der Waals surface area contributed by atoms with Gasteiger partial charge >= 0.3 is 0 Å². The van der Waals surface area contributed by atoms with E-state index < -0.39 is 0 Å². The number of hydrogen-bond donors (Lipinski definition) is 0. The van der Waals surface area contributed by atoms with E-state index in [2.05, 4.69) is 9.80 Å². The van der Waals surface area contributed by atoms with Crippen LogP contribution in [0.1, 0.15) is 0 Å². The molecule has 0 radical (unpaired) electrons. The minimum atomic E-state index is 0.587. The first kappa shape index (κ1) is 20.9. The Hall–Kier alpha value is -1.79. The lowest BCUT2D eigenvalue weighted by atomic mass is 10.3. The van der Waals surface area contributed by atoms with Crippen molar-refractivity contribution in [3.63, 3.8) is 0 Å². The summed E-state index contributed by atoms with van der Waals surface area (Å²) in [5.74, 6) is 1.65. The average Bonchev–Trinajstić information content (AvgIpc) is 2.74. The van der Waals surface area contributed by atoms with Crippen LogP contribution < -0.4 is 9.47 Å². The molecule has 0 aliphatic carbocycles. The molecule has 28 heavy (non-hydrogen) atoms. The van der Waals surface area contributed by atoms with Gasteiger partial charge in [0, 0.05) is 39.3 Å². The van der Waals surface area contributed by atoms with E-state index in [-0.39, 0.29) is 0 Å². The SMILES string of the molecule is Clc1ccccc1OCCN1CCN(CCOCCOc2ccccc2)CC1. The zero-order chi connectivity index (χ0) is 19.4. The van der Waals surface area contributed by atoms with E-state index in [4.69, 9.17) is 25.8 Å². The summed E-state index contributed by atoms with van der Waals surface area (Å²) in [5.41, 5.74) is 0. The van der Waals surface area contributed by atoms with Gasteiger partial charge < -0.3 is 14.2 Å². The normalized spacial score (nSPS) is 15.5. The zero-order valence-electron chi connectivity index (χ0n) is 16.3. The third kappa shape index (κ3) is 7.32. The van der Waals surface area contributed by atoms with Crippen LogP contribution in [0.4, 0.5) is 0 Å². The van der Waals surface area contributed by atoms with E-state index >= 15 is 0 Å². The quantitative estimate of drug-likeness (QED) is 0.536.